The molecule has 2 aliphatic rings. The van der Waals surface area contributed by atoms with Crippen LogP contribution in [0.5, 0.6) is 0 Å². The molecule has 0 amide bonds. The van der Waals surface area contributed by atoms with Crippen LogP contribution in [0.15, 0.2) is 0 Å². The van der Waals surface area contributed by atoms with E-state index in [1.165, 1.54) is 45.1 Å². The van der Waals surface area contributed by atoms with Crippen molar-refractivity contribution in [3.8, 4) is 0 Å². The Kier molecular flexibility index (Phi) is 3.45. The fraction of sp³-hybridized carbons (Fsp3) is 1.00. The second-order valence-corrected chi connectivity index (χ2v) is 5.13. The van der Waals surface area contributed by atoms with Crippen LogP contribution in [0.2, 0.25) is 0 Å². The van der Waals surface area contributed by atoms with Crippen LogP contribution in [0.4, 0.5) is 0 Å². The monoisotopic (exact) mass is 196 g/mol. The molecule has 2 nitrogen and oxygen atoms in total. The zero-order chi connectivity index (χ0) is 9.97. The Labute approximate surface area is 88.1 Å². The molecule has 1 aliphatic heterocycles. The molecule has 2 unspecified atom stereocenters. The smallest absolute Gasteiger partial charge is 0.00961 e. The van der Waals surface area contributed by atoms with Crippen LogP contribution in [0.1, 0.15) is 45.4 Å². The van der Waals surface area contributed by atoms with Crippen molar-refractivity contribution in [3.63, 3.8) is 0 Å². The highest BCUT2D eigenvalue weighted by Gasteiger charge is 2.30. The molecule has 2 fully saturated rings. The third-order valence-corrected chi connectivity index (χ3v) is 3.86. The van der Waals surface area contributed by atoms with Crippen molar-refractivity contribution < 1.29 is 0 Å². The Morgan fingerprint density at radius 1 is 1.29 bits per heavy atom. The van der Waals surface area contributed by atoms with E-state index in [0.29, 0.717) is 0 Å². The van der Waals surface area contributed by atoms with Gasteiger partial charge in [0, 0.05) is 18.1 Å². The van der Waals surface area contributed by atoms with E-state index in [4.69, 9.17) is 0 Å². The van der Waals surface area contributed by atoms with Crippen LogP contribution in [-0.4, -0.2) is 36.6 Å². The molecule has 0 bridgehead atoms. The van der Waals surface area contributed by atoms with Crippen molar-refractivity contribution in [2.75, 3.05) is 13.6 Å². The van der Waals surface area contributed by atoms with E-state index < -0.39 is 0 Å². The number of piperidine rings is 1. The van der Waals surface area contributed by atoms with Crippen LogP contribution in [0, 0.1) is 0 Å². The van der Waals surface area contributed by atoms with Crippen molar-refractivity contribution >= 4 is 0 Å². The van der Waals surface area contributed by atoms with Gasteiger partial charge in [-0.2, -0.15) is 0 Å². The van der Waals surface area contributed by atoms with E-state index in [2.05, 4.69) is 24.2 Å². The van der Waals surface area contributed by atoms with Gasteiger partial charge in [-0.25, -0.2) is 0 Å². The van der Waals surface area contributed by atoms with Gasteiger partial charge < -0.3 is 10.2 Å². The first kappa shape index (κ1) is 10.4. The quantitative estimate of drug-likeness (QED) is 0.740. The molecular weight excluding hydrogens is 172 g/mol. The second kappa shape index (κ2) is 4.63. The first-order valence-electron chi connectivity index (χ1n) is 6.22. The Bertz CT molecular complexity index is 171. The molecule has 82 valence electrons. The van der Waals surface area contributed by atoms with Gasteiger partial charge in [0.25, 0.3) is 0 Å². The van der Waals surface area contributed by atoms with Gasteiger partial charge in [-0.15, -0.1) is 0 Å². The Morgan fingerprint density at radius 3 is 2.64 bits per heavy atom. The highest BCUT2D eigenvalue weighted by atomic mass is 15.2. The zero-order valence-corrected chi connectivity index (χ0v) is 9.63. The number of nitrogens with one attached hydrogen (secondary N) is 1. The summed E-state index contributed by atoms with van der Waals surface area (Å²) >= 11 is 0. The van der Waals surface area contributed by atoms with Crippen LogP contribution in [0.3, 0.4) is 0 Å². The van der Waals surface area contributed by atoms with Gasteiger partial charge in [-0.05, 0) is 52.6 Å². The Balaban J connectivity index is 1.71. The SMILES string of the molecule is CC(CC1CCCCN1)N(C)C1CC1. The minimum atomic E-state index is 0.762. The largest absolute Gasteiger partial charge is 0.314 e. The van der Waals surface area contributed by atoms with Gasteiger partial charge in [0.05, 0.1) is 0 Å². The standard InChI is InChI=1S/C12H24N2/c1-10(14(2)12-6-7-12)9-11-5-3-4-8-13-11/h10-13H,3-9H2,1-2H3. The van der Waals surface area contributed by atoms with E-state index in [0.717, 1.165) is 18.1 Å². The highest BCUT2D eigenvalue weighted by Crippen LogP contribution is 2.28. The molecule has 0 aromatic heterocycles. The first-order valence-corrected chi connectivity index (χ1v) is 6.22. The number of hydrogen-bond donors (Lipinski definition) is 1. The molecule has 14 heavy (non-hydrogen) atoms. The van der Waals surface area contributed by atoms with E-state index >= 15 is 0 Å². The van der Waals surface area contributed by atoms with Gasteiger partial charge in [0.1, 0.15) is 0 Å². The molecule has 1 aliphatic carbocycles. The summed E-state index contributed by atoms with van der Waals surface area (Å²) < 4.78 is 0. The Morgan fingerprint density at radius 2 is 2.07 bits per heavy atom. The fourth-order valence-electron chi connectivity index (χ4n) is 2.54. The first-order chi connectivity index (χ1) is 6.77. The summed E-state index contributed by atoms with van der Waals surface area (Å²) in [4.78, 5) is 2.58. The predicted molar refractivity (Wildman–Crippen MR) is 60.5 cm³/mol. The molecule has 0 spiro atoms. The van der Waals surface area contributed by atoms with Gasteiger partial charge in [-0.3, -0.25) is 0 Å². The summed E-state index contributed by atoms with van der Waals surface area (Å²) in [6, 6.07) is 2.46. The van der Waals surface area contributed by atoms with E-state index in [-0.39, 0.29) is 0 Å². The maximum Gasteiger partial charge on any atom is 0.00961 e. The van der Waals surface area contributed by atoms with Gasteiger partial charge in [0.2, 0.25) is 0 Å². The highest BCUT2D eigenvalue weighted by molar-refractivity contribution is 4.87. The maximum absolute atomic E-state index is 3.64. The molecule has 0 aromatic rings. The number of nitrogens with zero attached hydrogens (tertiary/aromatic N) is 1. The third kappa shape index (κ3) is 2.71. The van der Waals surface area contributed by atoms with E-state index in [1.54, 1.807) is 0 Å². The number of hydrogen-bond acceptors (Lipinski definition) is 2. The lowest BCUT2D eigenvalue weighted by molar-refractivity contribution is 0.208. The molecule has 1 saturated heterocycles. The van der Waals surface area contributed by atoms with Crippen LogP contribution in [-0.2, 0) is 0 Å². The molecule has 0 radical (unpaired) electrons. The molecule has 2 rings (SSSR count). The Hall–Kier alpha value is -0.0800. The normalized spacial score (nSPS) is 30.6. The van der Waals surface area contributed by atoms with Crippen molar-refractivity contribution in [1.29, 1.82) is 0 Å². The van der Waals surface area contributed by atoms with Gasteiger partial charge in [-0.1, -0.05) is 6.42 Å². The maximum atomic E-state index is 3.64. The molecule has 1 N–H and O–H groups in total. The number of rotatable bonds is 4. The summed E-state index contributed by atoms with van der Waals surface area (Å²) in [5.41, 5.74) is 0. The molecule has 2 heteroatoms. The van der Waals surface area contributed by atoms with Gasteiger partial charge >= 0.3 is 0 Å². The van der Waals surface area contributed by atoms with Crippen LogP contribution >= 0.6 is 0 Å². The van der Waals surface area contributed by atoms with Crippen LogP contribution < -0.4 is 5.32 Å². The topological polar surface area (TPSA) is 15.3 Å². The summed E-state index contributed by atoms with van der Waals surface area (Å²) in [6.07, 6.45) is 8.40. The van der Waals surface area contributed by atoms with Crippen molar-refractivity contribution in [1.82, 2.24) is 10.2 Å². The minimum absolute atomic E-state index is 0.762. The summed E-state index contributed by atoms with van der Waals surface area (Å²) in [6.45, 7) is 3.62. The lowest BCUT2D eigenvalue weighted by atomic mass is 9.98. The van der Waals surface area contributed by atoms with E-state index in [9.17, 15) is 0 Å². The molecule has 2 atom stereocenters. The lowest BCUT2D eigenvalue weighted by Gasteiger charge is -2.31. The van der Waals surface area contributed by atoms with Crippen LogP contribution in [0.25, 0.3) is 0 Å². The minimum Gasteiger partial charge on any atom is -0.314 e. The molecular formula is C12H24N2. The van der Waals surface area contributed by atoms with E-state index in [1.807, 2.05) is 0 Å². The molecule has 1 saturated carbocycles. The lowest BCUT2D eigenvalue weighted by Crippen LogP contribution is -2.41. The van der Waals surface area contributed by atoms with Crippen molar-refractivity contribution in [2.24, 2.45) is 0 Å². The molecule has 1 heterocycles. The van der Waals surface area contributed by atoms with Crippen molar-refractivity contribution in [3.05, 3.63) is 0 Å². The van der Waals surface area contributed by atoms with Crippen molar-refractivity contribution in [2.45, 2.75) is 63.6 Å². The third-order valence-electron chi connectivity index (χ3n) is 3.86. The zero-order valence-electron chi connectivity index (χ0n) is 9.63. The summed E-state index contributed by atoms with van der Waals surface area (Å²) in [5, 5.41) is 3.64. The fourth-order valence-corrected chi connectivity index (χ4v) is 2.54. The second-order valence-electron chi connectivity index (χ2n) is 5.13. The average Bonchev–Trinajstić information content (AvgIpc) is 3.01. The predicted octanol–water partition coefficient (Wildman–Crippen LogP) is 2.00. The molecule has 0 aromatic carbocycles. The summed E-state index contributed by atoms with van der Waals surface area (Å²) in [5.74, 6) is 0. The summed E-state index contributed by atoms with van der Waals surface area (Å²) in [7, 11) is 2.30. The van der Waals surface area contributed by atoms with Gasteiger partial charge in [0.15, 0.2) is 0 Å². The average molecular weight is 196 g/mol.